The topological polar surface area (TPSA) is 73.6 Å². The largest absolute Gasteiger partial charge is 0.476 e. The number of ether oxygens (including phenoxy) is 1. The second-order valence-electron chi connectivity index (χ2n) is 10.6. The van der Waals surface area contributed by atoms with E-state index in [2.05, 4.69) is 65.2 Å². The lowest BCUT2D eigenvalue weighted by Gasteiger charge is -2.39. The van der Waals surface area contributed by atoms with Crippen molar-refractivity contribution in [1.82, 2.24) is 9.78 Å². The average Bonchev–Trinajstić information content (AvgIpc) is 2.95. The Hall–Kier alpha value is -1.23. The van der Waals surface area contributed by atoms with Crippen molar-refractivity contribution in [2.45, 2.75) is 97.2 Å². The molecule has 172 valence electrons. The Morgan fingerprint density at radius 3 is 2.30 bits per heavy atom. The maximum atomic E-state index is 11.9. The van der Waals surface area contributed by atoms with Crippen LogP contribution in [0.3, 0.4) is 0 Å². The van der Waals surface area contributed by atoms with E-state index >= 15 is 0 Å². The molecule has 0 bridgehead atoms. The van der Waals surface area contributed by atoms with Crippen molar-refractivity contribution in [3.05, 3.63) is 29.6 Å². The van der Waals surface area contributed by atoms with Crippen LogP contribution < -0.4 is 0 Å². The van der Waals surface area contributed by atoms with Crippen molar-refractivity contribution >= 4 is 22.4 Å². The van der Waals surface area contributed by atoms with E-state index in [1.54, 1.807) is 4.68 Å². The van der Waals surface area contributed by atoms with Gasteiger partial charge in [0.1, 0.15) is 0 Å². The minimum Gasteiger partial charge on any atom is -0.476 e. The number of aryl methyl sites for hydroxylation is 1. The molecule has 1 rings (SSSR count). The Kier molecular flexibility index (Phi) is 9.28. The number of carboxylic acid groups (broad SMARTS) is 1. The molecule has 1 unspecified atom stereocenters. The zero-order valence-electron chi connectivity index (χ0n) is 20.5. The van der Waals surface area contributed by atoms with E-state index in [1.165, 1.54) is 0 Å². The monoisotopic (exact) mass is 454 g/mol. The summed E-state index contributed by atoms with van der Waals surface area (Å²) < 4.78 is 14.5. The highest BCUT2D eigenvalue weighted by molar-refractivity contribution is 6.76. The first-order valence-electron chi connectivity index (χ1n) is 10.8. The molecule has 0 radical (unpaired) electrons. The molecule has 1 aromatic rings. The van der Waals surface area contributed by atoms with Crippen LogP contribution in [0.4, 0.5) is 0 Å². The highest BCUT2D eigenvalue weighted by atomic mass is 28.4. The van der Waals surface area contributed by atoms with E-state index < -0.39 is 22.4 Å². The Bertz CT molecular complexity index is 731. The van der Waals surface area contributed by atoms with Gasteiger partial charge in [0, 0.05) is 26.8 Å². The van der Waals surface area contributed by atoms with E-state index in [0.29, 0.717) is 25.1 Å². The van der Waals surface area contributed by atoms with Gasteiger partial charge in [-0.15, -0.1) is 6.58 Å². The quantitative estimate of drug-likeness (QED) is 0.235. The van der Waals surface area contributed by atoms with E-state index in [1.807, 2.05) is 13.0 Å². The smallest absolute Gasteiger partial charge is 0.356 e. The van der Waals surface area contributed by atoms with Crippen LogP contribution in [0, 0.1) is 0 Å². The number of aromatic carboxylic acids is 1. The van der Waals surface area contributed by atoms with Crippen LogP contribution in [0.15, 0.2) is 12.7 Å². The molecular formula is C22H42N2O4Si2. The van der Waals surface area contributed by atoms with E-state index in [9.17, 15) is 9.90 Å². The van der Waals surface area contributed by atoms with Crippen LogP contribution in [0.1, 0.15) is 62.0 Å². The summed E-state index contributed by atoms with van der Waals surface area (Å²) in [4.78, 5) is 11.9. The molecule has 8 heteroatoms. The predicted molar refractivity (Wildman–Crippen MR) is 129 cm³/mol. The number of hydrogen-bond acceptors (Lipinski definition) is 4. The number of carboxylic acids is 1. The molecule has 0 saturated heterocycles. The molecule has 30 heavy (non-hydrogen) atoms. The van der Waals surface area contributed by atoms with Crippen molar-refractivity contribution in [2.24, 2.45) is 0 Å². The third-order valence-electron chi connectivity index (χ3n) is 5.77. The third kappa shape index (κ3) is 7.18. The third-order valence-corrected chi connectivity index (χ3v) is 12.0. The van der Waals surface area contributed by atoms with Crippen LogP contribution in [0.2, 0.25) is 43.8 Å². The van der Waals surface area contributed by atoms with Gasteiger partial charge in [-0.1, -0.05) is 46.5 Å². The molecule has 6 nitrogen and oxygen atoms in total. The van der Waals surface area contributed by atoms with Gasteiger partial charge in [-0.2, -0.15) is 5.10 Å². The predicted octanol–water partition coefficient (Wildman–Crippen LogP) is 6.10. The highest BCUT2D eigenvalue weighted by Crippen LogP contribution is 2.41. The number of nitrogens with zero attached hydrogens (tertiary/aromatic N) is 2. The minimum absolute atomic E-state index is 0.0348. The second kappa shape index (κ2) is 10.4. The SMILES string of the molecule is C=CCC(O[Si](C)(C)C(C)(C)C)c1c(COCC[Si](C)(C)C)c(C(=O)O)nn1CC. The van der Waals surface area contributed by atoms with Crippen molar-refractivity contribution in [3.63, 3.8) is 0 Å². The molecule has 1 atom stereocenters. The fourth-order valence-corrected chi connectivity index (χ4v) is 4.91. The molecule has 1 aromatic heterocycles. The maximum absolute atomic E-state index is 11.9. The first kappa shape index (κ1) is 26.8. The van der Waals surface area contributed by atoms with Crippen LogP contribution >= 0.6 is 0 Å². The van der Waals surface area contributed by atoms with Gasteiger partial charge in [0.2, 0.25) is 0 Å². The molecule has 0 aliphatic rings. The summed E-state index contributed by atoms with van der Waals surface area (Å²) >= 11 is 0. The molecule has 0 fully saturated rings. The molecule has 0 aliphatic heterocycles. The summed E-state index contributed by atoms with van der Waals surface area (Å²) in [6, 6.07) is 1.03. The van der Waals surface area contributed by atoms with Gasteiger partial charge in [-0.05, 0) is 37.5 Å². The molecular weight excluding hydrogens is 412 g/mol. The summed E-state index contributed by atoms with van der Waals surface area (Å²) in [5.41, 5.74) is 1.51. The number of aromatic nitrogens is 2. The highest BCUT2D eigenvalue weighted by Gasteiger charge is 2.41. The Morgan fingerprint density at radius 1 is 1.27 bits per heavy atom. The van der Waals surface area contributed by atoms with Gasteiger partial charge < -0.3 is 14.3 Å². The lowest BCUT2D eigenvalue weighted by atomic mass is 10.1. The fourth-order valence-electron chi connectivity index (χ4n) is 2.88. The van der Waals surface area contributed by atoms with Gasteiger partial charge in [0.15, 0.2) is 14.0 Å². The number of carbonyl (C=O) groups is 1. The Labute approximate surface area is 184 Å². The van der Waals surface area contributed by atoms with Crippen LogP contribution in [-0.2, 0) is 22.3 Å². The molecule has 1 heterocycles. The van der Waals surface area contributed by atoms with E-state index in [0.717, 1.165) is 11.7 Å². The zero-order valence-corrected chi connectivity index (χ0v) is 22.5. The van der Waals surface area contributed by atoms with Crippen molar-refractivity contribution in [3.8, 4) is 0 Å². The first-order chi connectivity index (χ1) is 13.6. The first-order valence-corrected chi connectivity index (χ1v) is 17.5. The van der Waals surface area contributed by atoms with Crippen molar-refractivity contribution in [2.75, 3.05) is 6.61 Å². The molecule has 0 saturated carbocycles. The van der Waals surface area contributed by atoms with Crippen LogP contribution in [-0.4, -0.2) is 43.9 Å². The van der Waals surface area contributed by atoms with Gasteiger partial charge in [-0.3, -0.25) is 4.68 Å². The maximum Gasteiger partial charge on any atom is 0.356 e. The minimum atomic E-state index is -2.10. The molecule has 0 aromatic carbocycles. The Balaban J connectivity index is 3.37. The van der Waals surface area contributed by atoms with Gasteiger partial charge >= 0.3 is 5.97 Å². The van der Waals surface area contributed by atoms with Gasteiger partial charge in [0.25, 0.3) is 0 Å². The fraction of sp³-hybridized carbons (Fsp3) is 0.727. The average molecular weight is 455 g/mol. The van der Waals surface area contributed by atoms with Gasteiger partial charge in [0.05, 0.1) is 18.4 Å². The molecule has 0 aliphatic carbocycles. The van der Waals surface area contributed by atoms with E-state index in [-0.39, 0.29) is 23.4 Å². The summed E-state index contributed by atoms with van der Waals surface area (Å²) in [7, 11) is -3.33. The van der Waals surface area contributed by atoms with E-state index in [4.69, 9.17) is 9.16 Å². The molecule has 1 N–H and O–H groups in total. The molecule has 0 spiro atoms. The van der Waals surface area contributed by atoms with Crippen LogP contribution in [0.5, 0.6) is 0 Å². The summed E-state index contributed by atoms with van der Waals surface area (Å²) in [6.45, 7) is 25.2. The summed E-state index contributed by atoms with van der Waals surface area (Å²) in [5.74, 6) is -1.03. The van der Waals surface area contributed by atoms with Gasteiger partial charge in [-0.25, -0.2) is 4.79 Å². The lowest BCUT2D eigenvalue weighted by Crippen LogP contribution is -2.42. The number of hydrogen-bond donors (Lipinski definition) is 1. The van der Waals surface area contributed by atoms with Crippen LogP contribution in [0.25, 0.3) is 0 Å². The molecule has 0 amide bonds. The van der Waals surface area contributed by atoms with Crippen molar-refractivity contribution < 1.29 is 19.1 Å². The Morgan fingerprint density at radius 2 is 1.87 bits per heavy atom. The number of rotatable bonds is 12. The lowest BCUT2D eigenvalue weighted by molar-refractivity contribution is 0.0681. The van der Waals surface area contributed by atoms with Crippen molar-refractivity contribution in [1.29, 1.82) is 0 Å². The standard InChI is InChI=1S/C22H42N2O4Si2/c1-11-13-18(28-30(9,10)22(3,4)5)20-17(16-27-14-15-29(6,7)8)19(21(25)26)23-24(20)12-2/h11,18H,1,12-16H2,2-10H3,(H,25,26). The normalized spacial score (nSPS) is 14.0. The summed E-state index contributed by atoms with van der Waals surface area (Å²) in [6.07, 6.45) is 2.14. The second-order valence-corrected chi connectivity index (χ2v) is 21.0. The summed E-state index contributed by atoms with van der Waals surface area (Å²) in [5, 5.41) is 14.2. The zero-order chi connectivity index (χ0) is 23.3.